The summed E-state index contributed by atoms with van der Waals surface area (Å²) < 4.78 is 3.71. The zero-order valence-corrected chi connectivity index (χ0v) is 10.2. The molecule has 0 aromatic carbocycles. The van der Waals surface area contributed by atoms with Gasteiger partial charge in [0, 0.05) is 6.54 Å². The van der Waals surface area contributed by atoms with E-state index in [0.29, 0.717) is 6.54 Å². The molecule has 0 fully saturated rings. The Bertz CT molecular complexity index is 459. The highest BCUT2D eigenvalue weighted by Crippen LogP contribution is 2.00. The van der Waals surface area contributed by atoms with Crippen molar-refractivity contribution in [1.82, 2.24) is 34.8 Å². The van der Waals surface area contributed by atoms with Gasteiger partial charge in [0.25, 0.3) is 0 Å². The van der Waals surface area contributed by atoms with E-state index in [1.807, 2.05) is 16.3 Å². The minimum atomic E-state index is 0.606. The Morgan fingerprint density at radius 3 is 2.47 bits per heavy atom. The van der Waals surface area contributed by atoms with E-state index in [2.05, 4.69) is 32.4 Å². The van der Waals surface area contributed by atoms with Gasteiger partial charge in [-0.05, 0) is 13.5 Å². The summed E-state index contributed by atoms with van der Waals surface area (Å²) in [5.74, 6) is 1.81. The van der Waals surface area contributed by atoms with Crippen LogP contribution in [0.5, 0.6) is 0 Å². The van der Waals surface area contributed by atoms with Crippen LogP contribution in [0.25, 0.3) is 0 Å². The standard InChI is InChI=1S/C10H17N7/c1-3-11-5-9-12-7-15-17(9)6-10-13-8-14-16(10)4-2/h7-8,11H,3-6H2,1-2H3. The van der Waals surface area contributed by atoms with Crippen LogP contribution >= 0.6 is 0 Å². The first kappa shape index (κ1) is 11.7. The third-order valence-corrected chi connectivity index (χ3v) is 2.52. The lowest BCUT2D eigenvalue weighted by Crippen LogP contribution is -2.18. The van der Waals surface area contributed by atoms with E-state index in [0.717, 1.165) is 31.3 Å². The van der Waals surface area contributed by atoms with Crippen molar-refractivity contribution >= 4 is 0 Å². The van der Waals surface area contributed by atoms with Gasteiger partial charge in [0.1, 0.15) is 30.8 Å². The zero-order chi connectivity index (χ0) is 12.1. The predicted octanol–water partition coefficient (Wildman–Crippen LogP) is 0.0473. The Balaban J connectivity index is 2.10. The number of nitrogens with zero attached hydrogens (tertiary/aromatic N) is 6. The molecule has 0 bridgehead atoms. The first-order chi connectivity index (χ1) is 8.35. The number of hydrogen-bond acceptors (Lipinski definition) is 5. The molecule has 0 aliphatic rings. The molecule has 0 aliphatic heterocycles. The van der Waals surface area contributed by atoms with Crippen LogP contribution in [0.3, 0.4) is 0 Å². The summed E-state index contributed by atoms with van der Waals surface area (Å²) in [7, 11) is 0. The van der Waals surface area contributed by atoms with Crippen molar-refractivity contribution in [3.63, 3.8) is 0 Å². The van der Waals surface area contributed by atoms with Gasteiger partial charge < -0.3 is 5.32 Å². The summed E-state index contributed by atoms with van der Waals surface area (Å²) >= 11 is 0. The first-order valence-corrected chi connectivity index (χ1v) is 5.79. The van der Waals surface area contributed by atoms with Crippen molar-refractivity contribution in [3.05, 3.63) is 24.3 Å². The number of nitrogens with one attached hydrogen (secondary N) is 1. The average Bonchev–Trinajstić information content (AvgIpc) is 2.96. The van der Waals surface area contributed by atoms with Crippen molar-refractivity contribution in [3.8, 4) is 0 Å². The fourth-order valence-electron chi connectivity index (χ4n) is 1.60. The smallest absolute Gasteiger partial charge is 0.148 e. The van der Waals surface area contributed by atoms with E-state index in [-0.39, 0.29) is 0 Å². The summed E-state index contributed by atoms with van der Waals surface area (Å²) in [4.78, 5) is 8.45. The SMILES string of the molecule is CCNCc1ncnn1Cc1ncnn1CC. The van der Waals surface area contributed by atoms with E-state index in [1.54, 1.807) is 12.7 Å². The molecule has 7 nitrogen and oxygen atoms in total. The van der Waals surface area contributed by atoms with Crippen molar-refractivity contribution in [2.24, 2.45) is 0 Å². The molecule has 0 radical (unpaired) electrons. The van der Waals surface area contributed by atoms with Gasteiger partial charge in [-0.2, -0.15) is 10.2 Å². The number of hydrogen-bond donors (Lipinski definition) is 1. The highest BCUT2D eigenvalue weighted by Gasteiger charge is 2.08. The van der Waals surface area contributed by atoms with E-state index < -0.39 is 0 Å². The summed E-state index contributed by atoms with van der Waals surface area (Å²) in [6, 6.07) is 0. The van der Waals surface area contributed by atoms with Crippen LogP contribution in [0.2, 0.25) is 0 Å². The van der Waals surface area contributed by atoms with Gasteiger partial charge >= 0.3 is 0 Å². The van der Waals surface area contributed by atoms with Crippen LogP contribution in [0.1, 0.15) is 25.5 Å². The van der Waals surface area contributed by atoms with E-state index >= 15 is 0 Å². The van der Waals surface area contributed by atoms with Gasteiger partial charge in [-0.25, -0.2) is 19.3 Å². The van der Waals surface area contributed by atoms with Crippen LogP contribution < -0.4 is 5.32 Å². The number of rotatable bonds is 6. The molecule has 7 heteroatoms. The normalized spacial score (nSPS) is 10.9. The third-order valence-electron chi connectivity index (χ3n) is 2.52. The van der Waals surface area contributed by atoms with Crippen LogP contribution in [-0.4, -0.2) is 36.1 Å². The molecular formula is C10H17N7. The summed E-state index contributed by atoms with van der Waals surface area (Å²) in [6.07, 6.45) is 3.14. The zero-order valence-electron chi connectivity index (χ0n) is 10.2. The highest BCUT2D eigenvalue weighted by atomic mass is 15.4. The lowest BCUT2D eigenvalue weighted by atomic mass is 10.5. The molecular weight excluding hydrogens is 218 g/mol. The average molecular weight is 235 g/mol. The second-order valence-electron chi connectivity index (χ2n) is 3.61. The molecule has 2 aromatic heterocycles. The molecule has 2 aromatic rings. The Morgan fingerprint density at radius 2 is 1.76 bits per heavy atom. The van der Waals surface area contributed by atoms with Gasteiger partial charge in [-0.3, -0.25) is 0 Å². The summed E-state index contributed by atoms with van der Waals surface area (Å²) in [5, 5.41) is 11.6. The summed E-state index contributed by atoms with van der Waals surface area (Å²) in [6.45, 7) is 7.16. The monoisotopic (exact) mass is 235 g/mol. The fraction of sp³-hybridized carbons (Fsp3) is 0.600. The Labute approximate surface area is 99.9 Å². The van der Waals surface area contributed by atoms with Crippen LogP contribution in [0.15, 0.2) is 12.7 Å². The predicted molar refractivity (Wildman–Crippen MR) is 62.2 cm³/mol. The maximum absolute atomic E-state index is 4.23. The van der Waals surface area contributed by atoms with Gasteiger partial charge in [0.2, 0.25) is 0 Å². The number of aryl methyl sites for hydroxylation is 1. The second kappa shape index (κ2) is 5.53. The van der Waals surface area contributed by atoms with E-state index in [4.69, 9.17) is 0 Å². The van der Waals surface area contributed by atoms with Crippen molar-refractivity contribution in [2.75, 3.05) is 6.54 Å². The van der Waals surface area contributed by atoms with Crippen molar-refractivity contribution < 1.29 is 0 Å². The Morgan fingerprint density at radius 1 is 1.06 bits per heavy atom. The number of aromatic nitrogens is 6. The van der Waals surface area contributed by atoms with Crippen LogP contribution in [-0.2, 0) is 19.6 Å². The Hall–Kier alpha value is -1.76. The van der Waals surface area contributed by atoms with Crippen molar-refractivity contribution in [1.29, 1.82) is 0 Å². The molecule has 0 aliphatic carbocycles. The quantitative estimate of drug-likeness (QED) is 0.765. The van der Waals surface area contributed by atoms with Gasteiger partial charge in [0.05, 0.1) is 6.54 Å². The van der Waals surface area contributed by atoms with Crippen molar-refractivity contribution in [2.45, 2.75) is 33.5 Å². The Kier molecular flexibility index (Phi) is 3.81. The molecule has 92 valence electrons. The molecule has 17 heavy (non-hydrogen) atoms. The maximum Gasteiger partial charge on any atom is 0.148 e. The topological polar surface area (TPSA) is 73.5 Å². The molecule has 2 heterocycles. The molecule has 0 spiro atoms. The fourth-order valence-corrected chi connectivity index (χ4v) is 1.60. The molecule has 0 amide bonds. The maximum atomic E-state index is 4.23. The van der Waals surface area contributed by atoms with Crippen LogP contribution in [0.4, 0.5) is 0 Å². The second-order valence-corrected chi connectivity index (χ2v) is 3.61. The van der Waals surface area contributed by atoms with Gasteiger partial charge in [-0.1, -0.05) is 6.92 Å². The van der Waals surface area contributed by atoms with E-state index in [9.17, 15) is 0 Å². The van der Waals surface area contributed by atoms with Crippen LogP contribution in [0, 0.1) is 0 Å². The van der Waals surface area contributed by atoms with Gasteiger partial charge in [0.15, 0.2) is 0 Å². The summed E-state index contributed by atoms with van der Waals surface area (Å²) in [5.41, 5.74) is 0. The highest BCUT2D eigenvalue weighted by molar-refractivity contribution is 4.91. The molecule has 0 unspecified atom stereocenters. The molecule has 0 atom stereocenters. The lowest BCUT2D eigenvalue weighted by Gasteiger charge is -2.06. The molecule has 0 saturated heterocycles. The van der Waals surface area contributed by atoms with E-state index in [1.165, 1.54) is 0 Å². The largest absolute Gasteiger partial charge is 0.310 e. The molecule has 0 saturated carbocycles. The lowest BCUT2D eigenvalue weighted by molar-refractivity contribution is 0.540. The minimum absolute atomic E-state index is 0.606. The third kappa shape index (κ3) is 2.68. The van der Waals surface area contributed by atoms with Gasteiger partial charge in [-0.15, -0.1) is 0 Å². The minimum Gasteiger partial charge on any atom is -0.310 e. The molecule has 2 rings (SSSR count). The molecule has 1 N–H and O–H groups in total. The first-order valence-electron chi connectivity index (χ1n) is 5.79.